The van der Waals surface area contributed by atoms with Crippen LogP contribution in [-0.4, -0.2) is 23.8 Å². The number of carbonyl (C=O) groups excluding carboxylic acids is 1. The molecule has 0 aromatic heterocycles. The van der Waals surface area contributed by atoms with Crippen molar-refractivity contribution < 1.29 is 9.63 Å². The van der Waals surface area contributed by atoms with Gasteiger partial charge in [0.15, 0.2) is 5.71 Å². The highest BCUT2D eigenvalue weighted by atomic mass is 16.7. The molecule has 0 saturated heterocycles. The predicted molar refractivity (Wildman–Crippen MR) is 70.5 cm³/mol. The summed E-state index contributed by atoms with van der Waals surface area (Å²) in [6, 6.07) is 9.86. The number of oxime groups is 1. The minimum Gasteiger partial charge on any atom is -0.388 e. The molecule has 1 unspecified atom stereocenters. The van der Waals surface area contributed by atoms with Crippen molar-refractivity contribution >= 4 is 11.6 Å². The Bertz CT molecular complexity index is 466. The quantitative estimate of drug-likeness (QED) is 0.887. The van der Waals surface area contributed by atoms with Gasteiger partial charge in [0.25, 0.3) is 5.91 Å². The minimum atomic E-state index is -0.498. The van der Waals surface area contributed by atoms with E-state index in [2.05, 4.69) is 10.5 Å². The summed E-state index contributed by atoms with van der Waals surface area (Å²) in [5, 5.41) is 6.74. The molecule has 1 aliphatic rings. The van der Waals surface area contributed by atoms with E-state index in [-0.39, 0.29) is 11.8 Å². The lowest BCUT2D eigenvalue weighted by molar-refractivity contribution is -0.114. The van der Waals surface area contributed by atoms with Gasteiger partial charge < -0.3 is 10.2 Å². The lowest BCUT2D eigenvalue weighted by Crippen LogP contribution is -2.38. The molecule has 1 heterocycles. The van der Waals surface area contributed by atoms with Crippen molar-refractivity contribution in [2.45, 2.75) is 32.3 Å². The lowest BCUT2D eigenvalue weighted by Gasteiger charge is -2.25. The van der Waals surface area contributed by atoms with Crippen molar-refractivity contribution in [2.75, 3.05) is 6.54 Å². The van der Waals surface area contributed by atoms with Gasteiger partial charge in [-0.1, -0.05) is 35.5 Å². The average molecular weight is 246 g/mol. The fraction of sp³-hybridized carbons (Fsp3) is 0.429. The third kappa shape index (κ3) is 2.23. The Morgan fingerprint density at radius 2 is 2.06 bits per heavy atom. The molecule has 0 radical (unpaired) electrons. The van der Waals surface area contributed by atoms with Crippen molar-refractivity contribution in [3.63, 3.8) is 0 Å². The number of hydrogen-bond acceptors (Lipinski definition) is 3. The maximum Gasteiger partial charge on any atom is 0.269 e. The van der Waals surface area contributed by atoms with Crippen LogP contribution in [0.2, 0.25) is 0 Å². The second-order valence-corrected chi connectivity index (χ2v) is 4.87. The maximum atomic E-state index is 12.0. The molecule has 1 N–H and O–H groups in total. The normalized spacial score (nSPS) is 21.1. The molecule has 0 bridgehead atoms. The van der Waals surface area contributed by atoms with Crippen molar-refractivity contribution in [2.24, 2.45) is 5.16 Å². The van der Waals surface area contributed by atoms with Gasteiger partial charge in [-0.2, -0.15) is 0 Å². The number of benzene rings is 1. The van der Waals surface area contributed by atoms with Gasteiger partial charge >= 0.3 is 0 Å². The number of carbonyl (C=O) groups is 1. The smallest absolute Gasteiger partial charge is 0.269 e. The molecule has 4 nitrogen and oxygen atoms in total. The van der Waals surface area contributed by atoms with Crippen LogP contribution in [0.1, 0.15) is 32.3 Å². The first kappa shape index (κ1) is 12.6. The number of amides is 1. The average Bonchev–Trinajstić information content (AvgIpc) is 2.66. The molecule has 4 heteroatoms. The number of nitrogens with one attached hydrogen (secondary N) is 1. The van der Waals surface area contributed by atoms with Crippen molar-refractivity contribution in [1.29, 1.82) is 0 Å². The van der Waals surface area contributed by atoms with Gasteiger partial charge in [0.2, 0.25) is 0 Å². The first-order valence-corrected chi connectivity index (χ1v) is 6.15. The summed E-state index contributed by atoms with van der Waals surface area (Å²) in [6.07, 6.45) is 0. The van der Waals surface area contributed by atoms with E-state index >= 15 is 0 Å². The monoisotopic (exact) mass is 246 g/mol. The molecule has 1 aliphatic heterocycles. The third-order valence-electron chi connectivity index (χ3n) is 3.05. The summed E-state index contributed by atoms with van der Waals surface area (Å²) in [5.41, 5.74) is 1.000. The summed E-state index contributed by atoms with van der Waals surface area (Å²) in [7, 11) is 0. The molecule has 18 heavy (non-hydrogen) atoms. The highest BCUT2D eigenvalue weighted by molar-refractivity contribution is 6.41. The topological polar surface area (TPSA) is 50.7 Å². The van der Waals surface area contributed by atoms with E-state index in [1.54, 1.807) is 0 Å². The Balaban J connectivity index is 2.34. The summed E-state index contributed by atoms with van der Waals surface area (Å²) >= 11 is 0. The summed E-state index contributed by atoms with van der Waals surface area (Å²) in [4.78, 5) is 17.4. The molecule has 0 spiro atoms. The molecule has 2 rings (SSSR count). The standard InChI is InChI=1S/C14H18N2O2/c1-4-15-13(17)12-11(14(2,3)18-16-12)10-8-6-5-7-9-10/h5-9,11H,4H2,1-3H3,(H,15,17). The fourth-order valence-electron chi connectivity index (χ4n) is 2.23. The summed E-state index contributed by atoms with van der Waals surface area (Å²) in [5.74, 6) is -0.290. The zero-order chi connectivity index (χ0) is 13.2. The Hall–Kier alpha value is -1.84. The predicted octanol–water partition coefficient (Wildman–Crippen LogP) is 2.07. The van der Waals surface area contributed by atoms with Crippen LogP contribution in [0.25, 0.3) is 0 Å². The molecule has 1 amide bonds. The Morgan fingerprint density at radius 1 is 1.39 bits per heavy atom. The Labute approximate surface area is 107 Å². The number of hydrogen-bond donors (Lipinski definition) is 1. The van der Waals surface area contributed by atoms with E-state index in [4.69, 9.17) is 4.84 Å². The first-order chi connectivity index (χ1) is 8.56. The molecular formula is C14H18N2O2. The molecular weight excluding hydrogens is 228 g/mol. The van der Waals surface area contributed by atoms with Gasteiger partial charge in [0.1, 0.15) is 5.60 Å². The van der Waals surface area contributed by atoms with Crippen molar-refractivity contribution in [1.82, 2.24) is 5.32 Å². The zero-order valence-corrected chi connectivity index (χ0v) is 10.9. The van der Waals surface area contributed by atoms with Crippen LogP contribution in [0.4, 0.5) is 0 Å². The van der Waals surface area contributed by atoms with Crippen LogP contribution in [-0.2, 0) is 9.63 Å². The van der Waals surface area contributed by atoms with Gasteiger partial charge in [-0.3, -0.25) is 4.79 Å². The highest BCUT2D eigenvalue weighted by Crippen LogP contribution is 2.37. The minimum absolute atomic E-state index is 0.134. The van der Waals surface area contributed by atoms with E-state index in [1.165, 1.54) is 0 Å². The summed E-state index contributed by atoms with van der Waals surface area (Å²) < 4.78 is 0. The van der Waals surface area contributed by atoms with Gasteiger partial charge in [-0.25, -0.2) is 0 Å². The fourth-order valence-corrected chi connectivity index (χ4v) is 2.23. The molecule has 1 atom stereocenters. The van der Waals surface area contributed by atoms with Crippen LogP contribution >= 0.6 is 0 Å². The summed E-state index contributed by atoms with van der Waals surface area (Å²) in [6.45, 7) is 6.36. The van der Waals surface area contributed by atoms with Gasteiger partial charge in [0.05, 0.1) is 5.92 Å². The van der Waals surface area contributed by atoms with E-state index in [9.17, 15) is 4.79 Å². The molecule has 1 aromatic carbocycles. The maximum absolute atomic E-state index is 12.0. The zero-order valence-electron chi connectivity index (χ0n) is 10.9. The largest absolute Gasteiger partial charge is 0.388 e. The third-order valence-corrected chi connectivity index (χ3v) is 3.05. The molecule has 0 fully saturated rings. The second-order valence-electron chi connectivity index (χ2n) is 4.87. The number of nitrogens with zero attached hydrogens (tertiary/aromatic N) is 1. The first-order valence-electron chi connectivity index (χ1n) is 6.15. The second kappa shape index (κ2) is 4.80. The van der Waals surface area contributed by atoms with E-state index in [0.717, 1.165) is 5.56 Å². The van der Waals surface area contributed by atoms with Crippen LogP contribution < -0.4 is 5.32 Å². The van der Waals surface area contributed by atoms with Crippen LogP contribution in [0.3, 0.4) is 0 Å². The van der Waals surface area contributed by atoms with Crippen LogP contribution in [0.5, 0.6) is 0 Å². The molecule has 0 saturated carbocycles. The van der Waals surface area contributed by atoms with E-state index in [0.29, 0.717) is 12.3 Å². The lowest BCUT2D eigenvalue weighted by atomic mass is 9.81. The van der Waals surface area contributed by atoms with Crippen molar-refractivity contribution in [3.8, 4) is 0 Å². The van der Waals surface area contributed by atoms with Crippen LogP contribution in [0.15, 0.2) is 35.5 Å². The van der Waals surface area contributed by atoms with Gasteiger partial charge in [0, 0.05) is 6.54 Å². The van der Waals surface area contributed by atoms with Crippen molar-refractivity contribution in [3.05, 3.63) is 35.9 Å². The van der Waals surface area contributed by atoms with E-state index < -0.39 is 5.60 Å². The molecule has 96 valence electrons. The molecule has 1 aromatic rings. The Kier molecular flexibility index (Phi) is 3.36. The Morgan fingerprint density at radius 3 is 2.67 bits per heavy atom. The SMILES string of the molecule is CCNC(=O)C1=NOC(C)(C)C1c1ccccc1. The highest BCUT2D eigenvalue weighted by Gasteiger charge is 2.44. The van der Waals surface area contributed by atoms with Gasteiger partial charge in [-0.15, -0.1) is 0 Å². The van der Waals surface area contributed by atoms with Gasteiger partial charge in [-0.05, 0) is 26.3 Å². The molecule has 0 aliphatic carbocycles. The number of rotatable bonds is 3. The van der Waals surface area contributed by atoms with Crippen LogP contribution in [0, 0.1) is 0 Å². The van der Waals surface area contributed by atoms with E-state index in [1.807, 2.05) is 51.1 Å².